The maximum Gasteiger partial charge on any atom is 0.112 e. The number of thiazole rings is 1. The number of aryl methyl sites for hydroxylation is 2. The van der Waals surface area contributed by atoms with E-state index in [-0.39, 0.29) is 0 Å². The van der Waals surface area contributed by atoms with Gasteiger partial charge in [-0.3, -0.25) is 0 Å². The number of nitrogen functional groups attached to an aromatic ring is 1. The molecule has 1 aromatic carbocycles. The Labute approximate surface area is 99.3 Å². The molecule has 84 valence electrons. The van der Waals surface area contributed by atoms with Crippen LogP contribution in [0.4, 0.5) is 11.4 Å². The SMILES string of the molecule is Cc1csc(CNc2cc(N)ccc2C)n1. The van der Waals surface area contributed by atoms with Gasteiger partial charge in [0.05, 0.1) is 6.54 Å². The second-order valence-corrected chi connectivity index (χ2v) is 4.75. The minimum absolute atomic E-state index is 0.753. The lowest BCUT2D eigenvalue weighted by molar-refractivity contribution is 1.07. The highest BCUT2D eigenvalue weighted by molar-refractivity contribution is 7.09. The van der Waals surface area contributed by atoms with E-state index in [2.05, 4.69) is 22.6 Å². The molecular formula is C12H15N3S. The molecule has 0 aliphatic rings. The minimum atomic E-state index is 0.753. The summed E-state index contributed by atoms with van der Waals surface area (Å²) in [5, 5.41) is 6.51. The van der Waals surface area contributed by atoms with E-state index in [9.17, 15) is 0 Å². The van der Waals surface area contributed by atoms with Gasteiger partial charge in [0.25, 0.3) is 0 Å². The molecule has 3 nitrogen and oxygen atoms in total. The maximum atomic E-state index is 5.75. The predicted octanol–water partition coefficient (Wildman–Crippen LogP) is 2.95. The van der Waals surface area contributed by atoms with Crippen molar-refractivity contribution in [3.63, 3.8) is 0 Å². The number of nitrogens with two attached hydrogens (primary N) is 1. The Morgan fingerprint density at radius 3 is 2.88 bits per heavy atom. The van der Waals surface area contributed by atoms with Crippen molar-refractivity contribution in [3.05, 3.63) is 39.8 Å². The fourth-order valence-electron chi connectivity index (χ4n) is 1.48. The van der Waals surface area contributed by atoms with E-state index in [1.54, 1.807) is 11.3 Å². The second-order valence-electron chi connectivity index (χ2n) is 3.81. The molecule has 2 rings (SSSR count). The molecule has 0 radical (unpaired) electrons. The molecule has 0 unspecified atom stereocenters. The minimum Gasteiger partial charge on any atom is -0.399 e. The van der Waals surface area contributed by atoms with Gasteiger partial charge in [0, 0.05) is 22.4 Å². The van der Waals surface area contributed by atoms with E-state index in [1.807, 2.05) is 25.1 Å². The van der Waals surface area contributed by atoms with E-state index in [1.165, 1.54) is 5.56 Å². The van der Waals surface area contributed by atoms with Crippen molar-refractivity contribution in [2.24, 2.45) is 0 Å². The van der Waals surface area contributed by atoms with Crippen LogP contribution in [0.1, 0.15) is 16.3 Å². The highest BCUT2D eigenvalue weighted by atomic mass is 32.1. The first-order chi connectivity index (χ1) is 7.65. The van der Waals surface area contributed by atoms with Gasteiger partial charge >= 0.3 is 0 Å². The molecular weight excluding hydrogens is 218 g/mol. The maximum absolute atomic E-state index is 5.75. The van der Waals surface area contributed by atoms with Gasteiger partial charge in [-0.05, 0) is 31.5 Å². The molecule has 0 spiro atoms. The van der Waals surface area contributed by atoms with Gasteiger partial charge in [-0.15, -0.1) is 11.3 Å². The van der Waals surface area contributed by atoms with Crippen LogP contribution in [0, 0.1) is 13.8 Å². The summed E-state index contributed by atoms with van der Waals surface area (Å²) in [6, 6.07) is 5.88. The standard InChI is InChI=1S/C12H15N3S/c1-8-3-4-10(13)5-11(8)14-6-12-15-9(2)7-16-12/h3-5,7,14H,6,13H2,1-2H3. The van der Waals surface area contributed by atoms with Crippen LogP contribution in [-0.2, 0) is 6.54 Å². The number of hydrogen-bond acceptors (Lipinski definition) is 4. The van der Waals surface area contributed by atoms with Crippen LogP contribution in [0.5, 0.6) is 0 Å². The zero-order valence-corrected chi connectivity index (χ0v) is 10.3. The van der Waals surface area contributed by atoms with Crippen molar-refractivity contribution in [2.45, 2.75) is 20.4 Å². The summed E-state index contributed by atoms with van der Waals surface area (Å²) in [6.45, 7) is 4.82. The third kappa shape index (κ3) is 2.52. The summed E-state index contributed by atoms with van der Waals surface area (Å²) in [7, 11) is 0. The number of nitrogens with one attached hydrogen (secondary N) is 1. The molecule has 0 fully saturated rings. The molecule has 1 heterocycles. The van der Waals surface area contributed by atoms with Crippen LogP contribution in [0.3, 0.4) is 0 Å². The lowest BCUT2D eigenvalue weighted by Crippen LogP contribution is -2.01. The average Bonchev–Trinajstić information content (AvgIpc) is 2.66. The first kappa shape index (κ1) is 11.0. The summed E-state index contributed by atoms with van der Waals surface area (Å²) in [5.41, 5.74) is 9.88. The molecule has 4 heteroatoms. The molecule has 0 saturated heterocycles. The topological polar surface area (TPSA) is 50.9 Å². The molecule has 0 saturated carbocycles. The zero-order chi connectivity index (χ0) is 11.5. The molecule has 0 amide bonds. The van der Waals surface area contributed by atoms with E-state index < -0.39 is 0 Å². The van der Waals surface area contributed by atoms with Crippen LogP contribution in [0.2, 0.25) is 0 Å². The number of nitrogens with zero attached hydrogens (tertiary/aromatic N) is 1. The predicted molar refractivity (Wildman–Crippen MR) is 69.8 cm³/mol. The average molecular weight is 233 g/mol. The summed E-state index contributed by atoms with van der Waals surface area (Å²) >= 11 is 1.67. The van der Waals surface area contributed by atoms with E-state index >= 15 is 0 Å². The fraction of sp³-hybridized carbons (Fsp3) is 0.250. The largest absolute Gasteiger partial charge is 0.399 e. The van der Waals surface area contributed by atoms with Crippen LogP contribution in [0.15, 0.2) is 23.6 Å². The monoisotopic (exact) mass is 233 g/mol. The number of hydrogen-bond donors (Lipinski definition) is 2. The Balaban J connectivity index is 2.07. The second kappa shape index (κ2) is 4.53. The Morgan fingerprint density at radius 1 is 1.38 bits per heavy atom. The van der Waals surface area contributed by atoms with Gasteiger partial charge < -0.3 is 11.1 Å². The summed E-state index contributed by atoms with van der Waals surface area (Å²) in [4.78, 5) is 4.40. The van der Waals surface area contributed by atoms with Gasteiger partial charge in [0.15, 0.2) is 0 Å². The number of aromatic nitrogens is 1. The quantitative estimate of drug-likeness (QED) is 0.801. The third-order valence-electron chi connectivity index (χ3n) is 2.36. The van der Waals surface area contributed by atoms with Gasteiger partial charge in [0.2, 0.25) is 0 Å². The normalized spacial score (nSPS) is 10.4. The van der Waals surface area contributed by atoms with Crippen LogP contribution >= 0.6 is 11.3 Å². The number of rotatable bonds is 3. The Morgan fingerprint density at radius 2 is 2.19 bits per heavy atom. The summed E-state index contributed by atoms with van der Waals surface area (Å²) in [6.07, 6.45) is 0. The molecule has 0 aliphatic heterocycles. The lowest BCUT2D eigenvalue weighted by atomic mass is 10.2. The molecule has 0 bridgehead atoms. The third-order valence-corrected chi connectivity index (χ3v) is 3.32. The van der Waals surface area contributed by atoms with Crippen molar-refractivity contribution in [3.8, 4) is 0 Å². The Kier molecular flexibility index (Phi) is 3.10. The number of benzene rings is 1. The molecule has 1 aromatic heterocycles. The Hall–Kier alpha value is -1.55. The van der Waals surface area contributed by atoms with Crippen molar-refractivity contribution >= 4 is 22.7 Å². The van der Waals surface area contributed by atoms with Gasteiger partial charge in [-0.2, -0.15) is 0 Å². The van der Waals surface area contributed by atoms with Crippen LogP contribution in [0.25, 0.3) is 0 Å². The Bertz CT molecular complexity index is 491. The van der Waals surface area contributed by atoms with E-state index in [4.69, 9.17) is 5.73 Å². The van der Waals surface area contributed by atoms with Crippen LogP contribution in [-0.4, -0.2) is 4.98 Å². The molecule has 2 aromatic rings. The van der Waals surface area contributed by atoms with Crippen LogP contribution < -0.4 is 11.1 Å². The molecule has 3 N–H and O–H groups in total. The summed E-state index contributed by atoms with van der Waals surface area (Å²) in [5.74, 6) is 0. The fourth-order valence-corrected chi connectivity index (χ4v) is 2.20. The van der Waals surface area contributed by atoms with Gasteiger partial charge in [0.1, 0.15) is 5.01 Å². The lowest BCUT2D eigenvalue weighted by Gasteiger charge is -2.08. The summed E-state index contributed by atoms with van der Waals surface area (Å²) < 4.78 is 0. The van der Waals surface area contributed by atoms with E-state index in [0.29, 0.717) is 0 Å². The van der Waals surface area contributed by atoms with Crippen molar-refractivity contribution in [1.82, 2.24) is 4.98 Å². The van der Waals surface area contributed by atoms with Gasteiger partial charge in [-0.1, -0.05) is 6.07 Å². The highest BCUT2D eigenvalue weighted by Gasteiger charge is 2.01. The smallest absolute Gasteiger partial charge is 0.112 e. The van der Waals surface area contributed by atoms with Crippen molar-refractivity contribution in [1.29, 1.82) is 0 Å². The van der Waals surface area contributed by atoms with Crippen molar-refractivity contribution < 1.29 is 0 Å². The molecule has 0 atom stereocenters. The molecule has 16 heavy (non-hydrogen) atoms. The first-order valence-corrected chi connectivity index (χ1v) is 6.04. The highest BCUT2D eigenvalue weighted by Crippen LogP contribution is 2.19. The number of anilines is 2. The molecule has 0 aliphatic carbocycles. The van der Waals surface area contributed by atoms with Crippen molar-refractivity contribution in [2.75, 3.05) is 11.1 Å². The van der Waals surface area contributed by atoms with Gasteiger partial charge in [-0.25, -0.2) is 4.98 Å². The van der Waals surface area contributed by atoms with E-state index in [0.717, 1.165) is 28.6 Å². The first-order valence-electron chi connectivity index (χ1n) is 5.16. The zero-order valence-electron chi connectivity index (χ0n) is 9.45.